The zero-order valence-electron chi connectivity index (χ0n) is 15.0. The normalized spacial score (nSPS) is 16.0. The molecule has 1 fully saturated rings. The molecule has 0 aliphatic heterocycles. The van der Waals surface area contributed by atoms with Crippen LogP contribution in [0.4, 0.5) is 0 Å². The van der Waals surface area contributed by atoms with E-state index in [1.54, 1.807) is 7.11 Å². The van der Waals surface area contributed by atoms with Gasteiger partial charge in [-0.3, -0.25) is 4.90 Å². The topological polar surface area (TPSA) is 24.5 Å². The summed E-state index contributed by atoms with van der Waals surface area (Å²) < 4.78 is 5.20. The molecule has 23 heavy (non-hydrogen) atoms. The lowest BCUT2D eigenvalue weighted by molar-refractivity contribution is 0.157. The molecule has 0 saturated heterocycles. The molecule has 1 aliphatic carbocycles. The van der Waals surface area contributed by atoms with Crippen LogP contribution in [0.3, 0.4) is 0 Å². The summed E-state index contributed by atoms with van der Waals surface area (Å²) in [5.41, 5.74) is 1.37. The van der Waals surface area contributed by atoms with Crippen LogP contribution in [-0.2, 0) is 6.42 Å². The highest BCUT2D eigenvalue weighted by Crippen LogP contribution is 2.22. The van der Waals surface area contributed by atoms with E-state index in [0.717, 1.165) is 31.3 Å². The van der Waals surface area contributed by atoms with E-state index in [1.165, 1.54) is 57.2 Å². The van der Waals surface area contributed by atoms with Crippen molar-refractivity contribution in [2.24, 2.45) is 0 Å². The molecule has 3 heteroatoms. The van der Waals surface area contributed by atoms with Crippen LogP contribution in [0, 0.1) is 0 Å². The number of ether oxygens (including phenoxy) is 1. The van der Waals surface area contributed by atoms with Gasteiger partial charge in [-0.1, -0.05) is 38.3 Å². The smallest absolute Gasteiger partial charge is 0.118 e. The summed E-state index contributed by atoms with van der Waals surface area (Å²) in [6.45, 7) is 6.91. The molecule has 2 rings (SSSR count). The first-order chi connectivity index (χ1) is 11.3. The van der Waals surface area contributed by atoms with Crippen LogP contribution in [0.1, 0.15) is 51.0 Å². The van der Waals surface area contributed by atoms with Crippen molar-refractivity contribution in [2.45, 2.75) is 57.9 Å². The number of nitrogens with one attached hydrogen (secondary N) is 1. The maximum atomic E-state index is 5.20. The molecule has 0 radical (unpaired) electrons. The number of methoxy groups -OCH3 is 1. The van der Waals surface area contributed by atoms with Crippen molar-refractivity contribution in [3.05, 3.63) is 29.8 Å². The monoisotopic (exact) mass is 318 g/mol. The van der Waals surface area contributed by atoms with Gasteiger partial charge in [0.15, 0.2) is 0 Å². The van der Waals surface area contributed by atoms with Crippen LogP contribution in [0.15, 0.2) is 24.3 Å². The first kappa shape index (κ1) is 18.3. The van der Waals surface area contributed by atoms with Gasteiger partial charge in [-0.25, -0.2) is 0 Å². The minimum absolute atomic E-state index is 0.840. The van der Waals surface area contributed by atoms with E-state index in [9.17, 15) is 0 Å². The lowest BCUT2D eigenvalue weighted by Crippen LogP contribution is -2.41. The average molecular weight is 319 g/mol. The molecule has 0 heterocycles. The third-order valence-electron chi connectivity index (χ3n) is 4.93. The van der Waals surface area contributed by atoms with E-state index in [2.05, 4.69) is 29.3 Å². The summed E-state index contributed by atoms with van der Waals surface area (Å²) in [5.74, 6) is 0.935. The van der Waals surface area contributed by atoms with Gasteiger partial charge in [-0.05, 0) is 56.5 Å². The van der Waals surface area contributed by atoms with Crippen molar-refractivity contribution in [1.82, 2.24) is 10.2 Å². The van der Waals surface area contributed by atoms with Gasteiger partial charge < -0.3 is 10.1 Å². The Bertz CT molecular complexity index is 412. The lowest BCUT2D eigenvalue weighted by Gasteiger charge is -2.34. The molecule has 1 saturated carbocycles. The van der Waals surface area contributed by atoms with Crippen molar-refractivity contribution in [2.75, 3.05) is 33.3 Å². The van der Waals surface area contributed by atoms with Crippen LogP contribution < -0.4 is 10.1 Å². The molecule has 1 aromatic rings. The van der Waals surface area contributed by atoms with Crippen LogP contribution in [-0.4, -0.2) is 44.2 Å². The Labute approximate surface area is 142 Å². The van der Waals surface area contributed by atoms with Crippen molar-refractivity contribution < 1.29 is 4.74 Å². The molecule has 0 amide bonds. The number of hydrogen-bond acceptors (Lipinski definition) is 3. The fourth-order valence-corrected chi connectivity index (χ4v) is 3.58. The van der Waals surface area contributed by atoms with E-state index < -0.39 is 0 Å². The van der Waals surface area contributed by atoms with Crippen LogP contribution in [0.5, 0.6) is 5.75 Å². The third kappa shape index (κ3) is 6.52. The zero-order valence-corrected chi connectivity index (χ0v) is 15.0. The van der Waals surface area contributed by atoms with Crippen LogP contribution >= 0.6 is 0 Å². The summed E-state index contributed by atoms with van der Waals surface area (Å²) in [6, 6.07) is 9.24. The van der Waals surface area contributed by atoms with E-state index in [-0.39, 0.29) is 0 Å². The number of hydrogen-bond donors (Lipinski definition) is 1. The number of benzene rings is 1. The molecule has 130 valence electrons. The summed E-state index contributed by atoms with van der Waals surface area (Å²) in [6.07, 6.45) is 9.46. The Morgan fingerprint density at radius 1 is 1.04 bits per heavy atom. The van der Waals surface area contributed by atoms with E-state index in [0.29, 0.717) is 0 Å². The minimum atomic E-state index is 0.840. The second-order valence-corrected chi connectivity index (χ2v) is 6.68. The molecule has 1 N–H and O–H groups in total. The highest BCUT2D eigenvalue weighted by Gasteiger charge is 2.19. The maximum absolute atomic E-state index is 5.20. The lowest BCUT2D eigenvalue weighted by atomic mass is 9.94. The molecule has 0 bridgehead atoms. The van der Waals surface area contributed by atoms with Gasteiger partial charge in [0, 0.05) is 19.1 Å². The Balaban J connectivity index is 1.63. The van der Waals surface area contributed by atoms with Crippen molar-refractivity contribution in [1.29, 1.82) is 0 Å². The standard InChI is InChI=1S/C20H34N2O/c1-3-16-22(19-7-5-4-6-8-19)17-15-21-14-13-18-9-11-20(23-2)12-10-18/h9-12,19,21H,3-8,13-17H2,1-2H3. The van der Waals surface area contributed by atoms with Gasteiger partial charge in [0.25, 0.3) is 0 Å². The van der Waals surface area contributed by atoms with Gasteiger partial charge in [-0.15, -0.1) is 0 Å². The van der Waals surface area contributed by atoms with Crippen LogP contribution in [0.25, 0.3) is 0 Å². The van der Waals surface area contributed by atoms with Gasteiger partial charge in [0.05, 0.1) is 7.11 Å². The number of rotatable bonds is 10. The largest absolute Gasteiger partial charge is 0.497 e. The van der Waals surface area contributed by atoms with Crippen LogP contribution in [0.2, 0.25) is 0 Å². The molecular weight excluding hydrogens is 284 g/mol. The molecule has 1 aromatic carbocycles. The molecule has 0 aromatic heterocycles. The van der Waals surface area contributed by atoms with Gasteiger partial charge in [-0.2, -0.15) is 0 Å². The quantitative estimate of drug-likeness (QED) is 0.663. The zero-order chi connectivity index (χ0) is 16.3. The van der Waals surface area contributed by atoms with E-state index in [1.807, 2.05) is 12.1 Å². The van der Waals surface area contributed by atoms with Gasteiger partial charge >= 0.3 is 0 Å². The van der Waals surface area contributed by atoms with Gasteiger partial charge in [0.1, 0.15) is 5.75 Å². The Kier molecular flexibility index (Phi) is 8.48. The third-order valence-corrected chi connectivity index (χ3v) is 4.93. The second-order valence-electron chi connectivity index (χ2n) is 6.68. The number of nitrogens with zero attached hydrogens (tertiary/aromatic N) is 1. The van der Waals surface area contributed by atoms with Crippen molar-refractivity contribution in [3.8, 4) is 5.75 Å². The Hall–Kier alpha value is -1.06. The van der Waals surface area contributed by atoms with Crippen molar-refractivity contribution >= 4 is 0 Å². The minimum Gasteiger partial charge on any atom is -0.497 e. The summed E-state index contributed by atoms with van der Waals surface area (Å²) in [4.78, 5) is 2.72. The Morgan fingerprint density at radius 2 is 1.78 bits per heavy atom. The maximum Gasteiger partial charge on any atom is 0.118 e. The predicted molar refractivity (Wildman–Crippen MR) is 98.3 cm³/mol. The van der Waals surface area contributed by atoms with Crippen molar-refractivity contribution in [3.63, 3.8) is 0 Å². The first-order valence-electron chi connectivity index (χ1n) is 9.41. The highest BCUT2D eigenvalue weighted by atomic mass is 16.5. The molecular formula is C20H34N2O. The molecule has 0 unspecified atom stereocenters. The second kappa shape index (κ2) is 10.7. The highest BCUT2D eigenvalue weighted by molar-refractivity contribution is 5.27. The Morgan fingerprint density at radius 3 is 2.43 bits per heavy atom. The van der Waals surface area contributed by atoms with Gasteiger partial charge in [0.2, 0.25) is 0 Å². The molecule has 0 spiro atoms. The summed E-state index contributed by atoms with van der Waals surface area (Å²) in [5, 5.41) is 3.62. The summed E-state index contributed by atoms with van der Waals surface area (Å²) >= 11 is 0. The van der Waals surface area contributed by atoms with E-state index >= 15 is 0 Å². The van der Waals surface area contributed by atoms with E-state index in [4.69, 9.17) is 4.74 Å². The predicted octanol–water partition coefficient (Wildman–Crippen LogP) is 3.87. The molecule has 0 atom stereocenters. The fourth-order valence-electron chi connectivity index (χ4n) is 3.58. The average Bonchev–Trinajstić information content (AvgIpc) is 2.62. The SMILES string of the molecule is CCCN(CCNCCc1ccc(OC)cc1)C1CCCCC1. The summed E-state index contributed by atoms with van der Waals surface area (Å²) in [7, 11) is 1.71. The first-order valence-corrected chi connectivity index (χ1v) is 9.41. The molecule has 3 nitrogen and oxygen atoms in total. The fraction of sp³-hybridized carbons (Fsp3) is 0.700. The molecule has 1 aliphatic rings.